The van der Waals surface area contributed by atoms with Gasteiger partial charge in [0.05, 0.1) is 23.7 Å². The topological polar surface area (TPSA) is 62.7 Å². The maximum atomic E-state index is 12.8. The fourth-order valence-electron chi connectivity index (χ4n) is 1.54. The molecule has 0 atom stereocenters. The molecule has 0 aliphatic heterocycles. The molecule has 0 unspecified atom stereocenters. The van der Waals surface area contributed by atoms with E-state index in [2.05, 4.69) is 4.98 Å². The van der Waals surface area contributed by atoms with Crippen molar-refractivity contribution in [2.45, 2.75) is 25.6 Å². The molecule has 0 aliphatic carbocycles. The summed E-state index contributed by atoms with van der Waals surface area (Å²) in [5, 5.41) is 8.46. The lowest BCUT2D eigenvalue weighted by Crippen LogP contribution is -2.17. The number of aromatic nitrogens is 1. The van der Waals surface area contributed by atoms with E-state index in [9.17, 15) is 22.0 Å². The minimum absolute atomic E-state index is 0.150. The maximum absolute atomic E-state index is 12.8. The van der Waals surface area contributed by atoms with Crippen LogP contribution in [0.15, 0.2) is 6.20 Å². The lowest BCUT2D eigenvalue weighted by Gasteiger charge is -2.17. The SMILES string of the molecule is N#CCc1ncc(C(F)(F)F)c(C(F)F)c1CN. The van der Waals surface area contributed by atoms with Crippen molar-refractivity contribution in [3.05, 3.63) is 28.6 Å². The minimum atomic E-state index is -4.94. The zero-order valence-electron chi connectivity index (χ0n) is 8.93. The van der Waals surface area contributed by atoms with Crippen LogP contribution in [-0.4, -0.2) is 4.98 Å². The third-order valence-corrected chi connectivity index (χ3v) is 2.29. The van der Waals surface area contributed by atoms with E-state index in [0.29, 0.717) is 6.20 Å². The Hall–Kier alpha value is -1.75. The van der Waals surface area contributed by atoms with Crippen molar-refractivity contribution in [1.29, 1.82) is 5.26 Å². The van der Waals surface area contributed by atoms with Crippen LogP contribution in [0.1, 0.15) is 28.8 Å². The summed E-state index contributed by atoms with van der Waals surface area (Å²) in [7, 11) is 0. The van der Waals surface area contributed by atoms with Crippen molar-refractivity contribution in [2.75, 3.05) is 0 Å². The van der Waals surface area contributed by atoms with E-state index in [-0.39, 0.29) is 12.1 Å². The van der Waals surface area contributed by atoms with Crippen LogP contribution in [-0.2, 0) is 19.1 Å². The van der Waals surface area contributed by atoms with Gasteiger partial charge in [0.25, 0.3) is 6.43 Å². The van der Waals surface area contributed by atoms with Gasteiger partial charge in [0.1, 0.15) is 0 Å². The summed E-state index contributed by atoms with van der Waals surface area (Å²) in [4.78, 5) is 3.39. The Labute approximate surface area is 99.0 Å². The van der Waals surface area contributed by atoms with Gasteiger partial charge in [-0.25, -0.2) is 8.78 Å². The first-order valence-corrected chi connectivity index (χ1v) is 4.76. The number of hydrogen-bond donors (Lipinski definition) is 1. The van der Waals surface area contributed by atoms with E-state index < -0.39 is 35.8 Å². The van der Waals surface area contributed by atoms with Crippen molar-refractivity contribution in [1.82, 2.24) is 4.98 Å². The van der Waals surface area contributed by atoms with E-state index >= 15 is 0 Å². The normalized spacial score (nSPS) is 11.7. The van der Waals surface area contributed by atoms with Gasteiger partial charge in [0, 0.05) is 18.3 Å². The largest absolute Gasteiger partial charge is 0.418 e. The van der Waals surface area contributed by atoms with Crippen LogP contribution in [0, 0.1) is 11.3 Å². The fraction of sp³-hybridized carbons (Fsp3) is 0.400. The zero-order valence-corrected chi connectivity index (χ0v) is 8.93. The third-order valence-electron chi connectivity index (χ3n) is 2.29. The van der Waals surface area contributed by atoms with Gasteiger partial charge in [-0.15, -0.1) is 0 Å². The lowest BCUT2D eigenvalue weighted by atomic mass is 9.99. The van der Waals surface area contributed by atoms with Gasteiger partial charge in [0.15, 0.2) is 0 Å². The summed E-state index contributed by atoms with van der Waals surface area (Å²) in [6.07, 6.45) is -8.33. The number of alkyl halides is 5. The number of halogens is 5. The molecule has 1 aromatic rings. The first-order chi connectivity index (χ1) is 8.32. The molecule has 0 saturated heterocycles. The fourth-order valence-corrected chi connectivity index (χ4v) is 1.54. The highest BCUT2D eigenvalue weighted by Gasteiger charge is 2.38. The van der Waals surface area contributed by atoms with Crippen LogP contribution in [0.25, 0.3) is 0 Å². The molecule has 0 amide bonds. The number of hydrogen-bond acceptors (Lipinski definition) is 3. The average molecular weight is 265 g/mol. The van der Waals surface area contributed by atoms with E-state index in [0.717, 1.165) is 0 Å². The molecule has 8 heteroatoms. The van der Waals surface area contributed by atoms with Crippen molar-refractivity contribution in [3.63, 3.8) is 0 Å². The number of pyridine rings is 1. The van der Waals surface area contributed by atoms with Crippen molar-refractivity contribution in [3.8, 4) is 6.07 Å². The Balaban J connectivity index is 3.54. The smallest absolute Gasteiger partial charge is 0.326 e. The molecule has 0 spiro atoms. The molecule has 0 fully saturated rings. The van der Waals surface area contributed by atoms with Crippen LogP contribution in [0.5, 0.6) is 0 Å². The molecule has 2 N–H and O–H groups in total. The highest BCUT2D eigenvalue weighted by molar-refractivity contribution is 5.40. The molecule has 1 heterocycles. The summed E-state index contributed by atoms with van der Waals surface area (Å²) in [6.45, 7) is -0.534. The summed E-state index contributed by atoms with van der Waals surface area (Å²) in [5.74, 6) is 0. The van der Waals surface area contributed by atoms with E-state index in [1.807, 2.05) is 0 Å². The van der Waals surface area contributed by atoms with Crippen LogP contribution >= 0.6 is 0 Å². The molecule has 0 aliphatic rings. The average Bonchev–Trinajstić information content (AvgIpc) is 2.27. The zero-order chi connectivity index (χ0) is 13.9. The highest BCUT2D eigenvalue weighted by Crippen LogP contribution is 2.38. The molecule has 18 heavy (non-hydrogen) atoms. The van der Waals surface area contributed by atoms with E-state index in [1.54, 1.807) is 6.07 Å². The lowest BCUT2D eigenvalue weighted by molar-refractivity contribution is -0.139. The number of rotatable bonds is 3. The quantitative estimate of drug-likeness (QED) is 0.854. The van der Waals surface area contributed by atoms with Crippen LogP contribution in [0.3, 0.4) is 0 Å². The molecular formula is C10H8F5N3. The molecule has 0 saturated carbocycles. The summed E-state index contributed by atoms with van der Waals surface area (Å²) >= 11 is 0. The number of nitrogens with zero attached hydrogens (tertiary/aromatic N) is 2. The first kappa shape index (κ1) is 14.3. The van der Waals surface area contributed by atoms with Gasteiger partial charge in [-0.1, -0.05) is 0 Å². The third kappa shape index (κ3) is 2.73. The van der Waals surface area contributed by atoms with E-state index in [4.69, 9.17) is 11.0 Å². The van der Waals surface area contributed by atoms with Gasteiger partial charge in [0.2, 0.25) is 0 Å². The number of nitrogens with two attached hydrogens (primary N) is 1. The van der Waals surface area contributed by atoms with Crippen LogP contribution in [0.2, 0.25) is 0 Å². The second-order valence-electron chi connectivity index (χ2n) is 3.35. The minimum Gasteiger partial charge on any atom is -0.326 e. The van der Waals surface area contributed by atoms with Crippen LogP contribution in [0.4, 0.5) is 22.0 Å². The van der Waals surface area contributed by atoms with Gasteiger partial charge in [-0.3, -0.25) is 4.98 Å². The predicted molar refractivity (Wildman–Crippen MR) is 51.4 cm³/mol. The Kier molecular flexibility index (Phi) is 4.19. The van der Waals surface area contributed by atoms with Gasteiger partial charge in [-0.2, -0.15) is 18.4 Å². The van der Waals surface area contributed by atoms with Gasteiger partial charge in [-0.05, 0) is 5.56 Å². The molecule has 0 radical (unpaired) electrons. The summed E-state index contributed by atoms with van der Waals surface area (Å²) < 4.78 is 63.2. The summed E-state index contributed by atoms with van der Waals surface area (Å²) in [6, 6.07) is 1.64. The molecule has 0 aromatic carbocycles. The van der Waals surface area contributed by atoms with Gasteiger partial charge < -0.3 is 5.73 Å². The van der Waals surface area contributed by atoms with Crippen molar-refractivity contribution >= 4 is 0 Å². The van der Waals surface area contributed by atoms with Gasteiger partial charge >= 0.3 is 6.18 Å². The van der Waals surface area contributed by atoms with Crippen molar-refractivity contribution < 1.29 is 22.0 Å². The van der Waals surface area contributed by atoms with E-state index in [1.165, 1.54) is 0 Å². The standard InChI is InChI=1S/C10H8F5N3/c11-9(12)8-5(3-17)7(1-2-16)18-4-6(8)10(13,14)15/h4,9H,1,3,17H2. The second kappa shape index (κ2) is 5.27. The second-order valence-corrected chi connectivity index (χ2v) is 3.35. The maximum Gasteiger partial charge on any atom is 0.418 e. The predicted octanol–water partition coefficient (Wildman–Crippen LogP) is 2.56. The van der Waals surface area contributed by atoms with Crippen molar-refractivity contribution in [2.24, 2.45) is 5.73 Å². The first-order valence-electron chi connectivity index (χ1n) is 4.76. The Morgan fingerprint density at radius 3 is 2.39 bits per heavy atom. The molecule has 1 aromatic heterocycles. The monoisotopic (exact) mass is 265 g/mol. The molecule has 98 valence electrons. The summed E-state index contributed by atoms with van der Waals surface area (Å²) in [5.41, 5.74) is 1.91. The highest BCUT2D eigenvalue weighted by atomic mass is 19.4. The Bertz CT molecular complexity index is 476. The van der Waals surface area contributed by atoms with Crippen LogP contribution < -0.4 is 5.73 Å². The Morgan fingerprint density at radius 2 is 2.00 bits per heavy atom. The number of nitriles is 1. The molecule has 1 rings (SSSR count). The molecular weight excluding hydrogens is 257 g/mol. The molecule has 3 nitrogen and oxygen atoms in total. The Morgan fingerprint density at radius 1 is 1.39 bits per heavy atom. The molecule has 0 bridgehead atoms.